The Bertz CT molecular complexity index is 394. The highest BCUT2D eigenvalue weighted by molar-refractivity contribution is 5.87. The molecular weight excluding hydrogens is 212 g/mol. The van der Waals surface area contributed by atoms with E-state index in [9.17, 15) is 13.6 Å². The molecule has 0 unspecified atom stereocenters. The van der Waals surface area contributed by atoms with Crippen molar-refractivity contribution in [3.05, 3.63) is 17.3 Å². The van der Waals surface area contributed by atoms with E-state index in [1.807, 2.05) is 0 Å². The molecular formula is C8H7F2NO4. The third kappa shape index (κ3) is 2.12. The van der Waals surface area contributed by atoms with Crippen LogP contribution in [0.5, 0.6) is 11.6 Å². The van der Waals surface area contributed by atoms with Gasteiger partial charge in [0.1, 0.15) is 0 Å². The molecule has 0 aliphatic rings. The molecule has 0 aliphatic heterocycles. The van der Waals surface area contributed by atoms with Crippen molar-refractivity contribution in [3.8, 4) is 11.6 Å². The molecule has 2 N–H and O–H groups in total. The highest BCUT2D eigenvalue weighted by Gasteiger charge is 2.22. The number of ether oxygens (including phenoxy) is 1. The van der Waals surface area contributed by atoms with Crippen LogP contribution in [0.3, 0.4) is 0 Å². The van der Waals surface area contributed by atoms with Crippen molar-refractivity contribution in [1.82, 2.24) is 4.98 Å². The molecule has 0 spiro atoms. The first-order chi connectivity index (χ1) is 6.97. The molecule has 82 valence electrons. The summed E-state index contributed by atoms with van der Waals surface area (Å²) in [5.41, 5.74) is -1.68. The van der Waals surface area contributed by atoms with Crippen LogP contribution in [0.25, 0.3) is 0 Å². The number of carbonyl (C=O) groups is 1. The van der Waals surface area contributed by atoms with Crippen LogP contribution in [-0.4, -0.2) is 28.3 Å². The van der Waals surface area contributed by atoms with Crippen molar-refractivity contribution >= 4 is 5.97 Å². The Morgan fingerprint density at radius 3 is 2.60 bits per heavy atom. The van der Waals surface area contributed by atoms with E-state index in [0.29, 0.717) is 6.07 Å². The van der Waals surface area contributed by atoms with Crippen LogP contribution in [0, 0.1) is 0 Å². The average Bonchev–Trinajstić information content (AvgIpc) is 2.16. The van der Waals surface area contributed by atoms with Gasteiger partial charge in [0.15, 0.2) is 11.4 Å². The fraction of sp³-hybridized carbons (Fsp3) is 0.250. The van der Waals surface area contributed by atoms with Crippen molar-refractivity contribution in [2.45, 2.75) is 6.43 Å². The average molecular weight is 219 g/mol. The fourth-order valence-electron chi connectivity index (χ4n) is 0.989. The Balaban J connectivity index is 3.39. The number of rotatable bonds is 3. The van der Waals surface area contributed by atoms with Crippen molar-refractivity contribution in [1.29, 1.82) is 0 Å². The highest BCUT2D eigenvalue weighted by atomic mass is 19.3. The number of aromatic nitrogens is 1. The molecule has 1 rings (SSSR count). The van der Waals surface area contributed by atoms with E-state index < -0.39 is 35.3 Å². The molecule has 0 fully saturated rings. The first-order valence-corrected chi connectivity index (χ1v) is 3.76. The van der Waals surface area contributed by atoms with E-state index in [1.165, 1.54) is 0 Å². The predicted molar refractivity (Wildman–Crippen MR) is 44.4 cm³/mol. The molecule has 0 amide bonds. The second-order valence-electron chi connectivity index (χ2n) is 2.56. The van der Waals surface area contributed by atoms with Crippen LogP contribution in [0.4, 0.5) is 8.78 Å². The van der Waals surface area contributed by atoms with E-state index in [0.717, 1.165) is 7.11 Å². The van der Waals surface area contributed by atoms with Gasteiger partial charge in [-0.05, 0) is 6.07 Å². The molecule has 15 heavy (non-hydrogen) atoms. The summed E-state index contributed by atoms with van der Waals surface area (Å²) in [6.45, 7) is 0. The van der Waals surface area contributed by atoms with E-state index in [1.54, 1.807) is 0 Å². The van der Waals surface area contributed by atoms with Crippen LogP contribution in [0.2, 0.25) is 0 Å². The molecule has 0 saturated carbocycles. The Kier molecular flexibility index (Phi) is 3.03. The predicted octanol–water partition coefficient (Wildman–Crippen LogP) is 1.43. The number of hydrogen-bond acceptors (Lipinski definition) is 4. The van der Waals surface area contributed by atoms with Gasteiger partial charge in [0, 0.05) is 0 Å². The van der Waals surface area contributed by atoms with Crippen LogP contribution in [0.15, 0.2) is 6.07 Å². The zero-order valence-corrected chi connectivity index (χ0v) is 7.57. The number of nitrogens with zero attached hydrogens (tertiary/aromatic N) is 1. The second kappa shape index (κ2) is 4.07. The Hall–Kier alpha value is -1.92. The maximum Gasteiger partial charge on any atom is 0.355 e. The maximum absolute atomic E-state index is 12.3. The number of aromatic hydroxyl groups is 1. The van der Waals surface area contributed by atoms with Gasteiger partial charge in [-0.3, -0.25) is 0 Å². The molecule has 1 aromatic heterocycles. The highest BCUT2D eigenvalue weighted by Crippen LogP contribution is 2.31. The summed E-state index contributed by atoms with van der Waals surface area (Å²) in [6.07, 6.45) is -3.03. The standard InChI is InChI=1S/C8H7F2NO4/c1-15-7-4(12)2-3(6(9)10)5(11-7)8(13)14/h2,6,12H,1H3,(H,13,14). The third-order valence-electron chi connectivity index (χ3n) is 1.63. The SMILES string of the molecule is COc1nc(C(=O)O)c(C(F)F)cc1O. The minimum atomic E-state index is -3.03. The molecule has 0 radical (unpaired) electrons. The Morgan fingerprint density at radius 1 is 1.60 bits per heavy atom. The molecule has 0 aromatic carbocycles. The summed E-state index contributed by atoms with van der Waals surface area (Å²) < 4.78 is 29.2. The lowest BCUT2D eigenvalue weighted by Gasteiger charge is -2.07. The van der Waals surface area contributed by atoms with Gasteiger partial charge >= 0.3 is 5.97 Å². The quantitative estimate of drug-likeness (QED) is 0.803. The number of hydrogen-bond donors (Lipinski definition) is 2. The van der Waals surface area contributed by atoms with Gasteiger partial charge in [-0.1, -0.05) is 0 Å². The smallest absolute Gasteiger partial charge is 0.355 e. The summed E-state index contributed by atoms with van der Waals surface area (Å²) in [6, 6.07) is 0.625. The van der Waals surface area contributed by atoms with E-state index in [4.69, 9.17) is 10.2 Å². The van der Waals surface area contributed by atoms with Crippen molar-refractivity contribution < 1.29 is 28.5 Å². The Labute approximate surface area is 82.9 Å². The number of halogens is 2. The lowest BCUT2D eigenvalue weighted by Crippen LogP contribution is -2.07. The van der Waals surface area contributed by atoms with Crippen molar-refractivity contribution in [3.63, 3.8) is 0 Å². The minimum absolute atomic E-state index is 0.406. The molecule has 0 aliphatic carbocycles. The summed E-state index contributed by atoms with van der Waals surface area (Å²) in [4.78, 5) is 13.8. The van der Waals surface area contributed by atoms with Crippen molar-refractivity contribution in [2.24, 2.45) is 0 Å². The molecule has 1 heterocycles. The monoisotopic (exact) mass is 219 g/mol. The van der Waals surface area contributed by atoms with Crippen LogP contribution in [0.1, 0.15) is 22.5 Å². The maximum atomic E-state index is 12.3. The molecule has 0 atom stereocenters. The first kappa shape index (κ1) is 11.2. The van der Waals surface area contributed by atoms with Crippen molar-refractivity contribution in [2.75, 3.05) is 7.11 Å². The third-order valence-corrected chi connectivity index (χ3v) is 1.63. The summed E-state index contributed by atoms with van der Waals surface area (Å²) in [5, 5.41) is 17.7. The first-order valence-electron chi connectivity index (χ1n) is 3.76. The summed E-state index contributed by atoms with van der Waals surface area (Å²) in [5.74, 6) is -2.64. The zero-order valence-electron chi connectivity index (χ0n) is 7.57. The van der Waals surface area contributed by atoms with Gasteiger partial charge in [0.05, 0.1) is 12.7 Å². The lowest BCUT2D eigenvalue weighted by atomic mass is 10.2. The van der Waals surface area contributed by atoms with Gasteiger partial charge in [0.2, 0.25) is 0 Å². The minimum Gasteiger partial charge on any atom is -0.503 e. The van der Waals surface area contributed by atoms with Gasteiger partial charge in [0.25, 0.3) is 12.3 Å². The fourth-order valence-corrected chi connectivity index (χ4v) is 0.989. The Morgan fingerprint density at radius 2 is 2.20 bits per heavy atom. The number of pyridine rings is 1. The summed E-state index contributed by atoms with van der Waals surface area (Å²) in [7, 11) is 1.13. The zero-order chi connectivity index (χ0) is 11.6. The van der Waals surface area contributed by atoms with E-state index in [-0.39, 0.29) is 0 Å². The molecule has 1 aromatic rings. The molecule has 0 bridgehead atoms. The number of aromatic carboxylic acids is 1. The van der Waals surface area contributed by atoms with E-state index >= 15 is 0 Å². The normalized spacial score (nSPS) is 10.4. The largest absolute Gasteiger partial charge is 0.503 e. The topological polar surface area (TPSA) is 79.7 Å². The second-order valence-corrected chi connectivity index (χ2v) is 2.56. The van der Waals surface area contributed by atoms with Crippen LogP contribution in [-0.2, 0) is 0 Å². The lowest BCUT2D eigenvalue weighted by molar-refractivity contribution is 0.0675. The van der Waals surface area contributed by atoms with Gasteiger partial charge < -0.3 is 14.9 Å². The van der Waals surface area contributed by atoms with Gasteiger partial charge in [-0.25, -0.2) is 18.6 Å². The molecule has 7 heteroatoms. The van der Waals surface area contributed by atoms with Crippen LogP contribution >= 0.6 is 0 Å². The van der Waals surface area contributed by atoms with Gasteiger partial charge in [-0.2, -0.15) is 0 Å². The molecule has 5 nitrogen and oxygen atoms in total. The van der Waals surface area contributed by atoms with Gasteiger partial charge in [-0.15, -0.1) is 0 Å². The summed E-state index contributed by atoms with van der Waals surface area (Å²) >= 11 is 0. The molecule has 0 saturated heterocycles. The number of carboxylic acids is 1. The van der Waals surface area contributed by atoms with Crippen LogP contribution < -0.4 is 4.74 Å². The number of carboxylic acid groups (broad SMARTS) is 1. The number of methoxy groups -OCH3 is 1. The van der Waals surface area contributed by atoms with E-state index in [2.05, 4.69) is 9.72 Å². The number of alkyl halides is 2.